The van der Waals surface area contributed by atoms with Crippen LogP contribution in [0.5, 0.6) is 0 Å². The van der Waals surface area contributed by atoms with Crippen LogP contribution in [0.4, 0.5) is 4.79 Å². The summed E-state index contributed by atoms with van der Waals surface area (Å²) in [5, 5.41) is 25.0. The van der Waals surface area contributed by atoms with E-state index in [1.165, 1.54) is 11.3 Å². The molecular weight excluding hydrogens is 456 g/mol. The zero-order valence-corrected chi connectivity index (χ0v) is 19.0. The monoisotopic (exact) mass is 480 g/mol. The predicted molar refractivity (Wildman–Crippen MR) is 127 cm³/mol. The van der Waals surface area contributed by atoms with Crippen molar-refractivity contribution in [2.75, 3.05) is 13.2 Å². The number of aliphatic hydroxyl groups is 1. The molecule has 0 saturated heterocycles. The van der Waals surface area contributed by atoms with Gasteiger partial charge in [0.05, 0.1) is 0 Å². The molecule has 0 bridgehead atoms. The highest BCUT2D eigenvalue weighted by atomic mass is 32.1. The molecule has 1 aliphatic rings. The van der Waals surface area contributed by atoms with Crippen molar-refractivity contribution in [3.8, 4) is 11.1 Å². The van der Waals surface area contributed by atoms with E-state index in [0.29, 0.717) is 4.88 Å². The van der Waals surface area contributed by atoms with Crippen molar-refractivity contribution in [2.24, 2.45) is 0 Å². The van der Waals surface area contributed by atoms with Gasteiger partial charge in [-0.3, -0.25) is 4.79 Å². The van der Waals surface area contributed by atoms with Gasteiger partial charge in [0.15, 0.2) is 0 Å². The van der Waals surface area contributed by atoms with Gasteiger partial charge in [-0.1, -0.05) is 54.6 Å². The third-order valence-corrected chi connectivity index (χ3v) is 6.67. The number of carboxylic acids is 1. The number of carbonyl (C=O) groups is 3. The number of carbonyl (C=O) groups excluding carboxylic acids is 2. The highest BCUT2D eigenvalue weighted by Crippen LogP contribution is 2.44. The number of hydrogen-bond acceptors (Lipinski definition) is 6. The summed E-state index contributed by atoms with van der Waals surface area (Å²) in [5.41, 5.74) is 4.34. The summed E-state index contributed by atoms with van der Waals surface area (Å²) in [4.78, 5) is 37.4. The normalized spacial score (nSPS) is 13.9. The SMILES string of the molecule is O=C(NC(C(=O)N[C@H](CCO)C(=O)O)c1cccs1)OCC1c2ccccc2-c2ccccc21. The van der Waals surface area contributed by atoms with Crippen molar-refractivity contribution < 1.29 is 29.3 Å². The molecule has 0 fully saturated rings. The predicted octanol–water partition coefficient (Wildman–Crippen LogP) is 3.28. The molecule has 4 N–H and O–H groups in total. The van der Waals surface area contributed by atoms with Crippen LogP contribution in [-0.4, -0.2) is 47.4 Å². The van der Waals surface area contributed by atoms with Gasteiger partial charge in [-0.15, -0.1) is 11.3 Å². The smallest absolute Gasteiger partial charge is 0.408 e. The fourth-order valence-corrected chi connectivity index (χ4v) is 4.89. The van der Waals surface area contributed by atoms with Gasteiger partial charge in [-0.25, -0.2) is 9.59 Å². The van der Waals surface area contributed by atoms with Crippen LogP contribution in [-0.2, 0) is 14.3 Å². The van der Waals surface area contributed by atoms with Crippen molar-refractivity contribution in [2.45, 2.75) is 24.4 Å². The third kappa shape index (κ3) is 4.95. The topological polar surface area (TPSA) is 125 Å². The molecule has 176 valence electrons. The number of ether oxygens (including phenoxy) is 1. The van der Waals surface area contributed by atoms with Gasteiger partial charge in [0.2, 0.25) is 5.91 Å². The third-order valence-electron chi connectivity index (χ3n) is 5.73. The maximum Gasteiger partial charge on any atom is 0.408 e. The molecule has 4 rings (SSSR count). The largest absolute Gasteiger partial charge is 0.480 e. The quantitative estimate of drug-likeness (QED) is 0.373. The lowest BCUT2D eigenvalue weighted by atomic mass is 9.98. The number of thiophene rings is 1. The van der Waals surface area contributed by atoms with E-state index in [9.17, 15) is 19.5 Å². The van der Waals surface area contributed by atoms with Crippen LogP contribution in [0.25, 0.3) is 11.1 Å². The summed E-state index contributed by atoms with van der Waals surface area (Å²) in [5.74, 6) is -2.10. The molecule has 0 radical (unpaired) electrons. The Hall–Kier alpha value is -3.69. The van der Waals surface area contributed by atoms with Crippen molar-refractivity contribution >= 4 is 29.3 Å². The van der Waals surface area contributed by atoms with Crippen LogP contribution < -0.4 is 10.6 Å². The summed E-state index contributed by atoms with van der Waals surface area (Å²) in [6.45, 7) is -0.318. The number of rotatable bonds is 9. The minimum atomic E-state index is -1.27. The Balaban J connectivity index is 1.46. The molecule has 2 aromatic carbocycles. The maximum absolute atomic E-state index is 12.8. The number of amides is 2. The molecule has 34 heavy (non-hydrogen) atoms. The zero-order valence-electron chi connectivity index (χ0n) is 18.1. The second-order valence-corrected chi connectivity index (χ2v) is 8.81. The van der Waals surface area contributed by atoms with Gasteiger partial charge >= 0.3 is 12.1 Å². The number of hydrogen-bond donors (Lipinski definition) is 4. The number of carboxylic acid groups (broad SMARTS) is 1. The number of alkyl carbamates (subject to hydrolysis) is 1. The fourth-order valence-electron chi connectivity index (χ4n) is 4.12. The number of nitrogens with one attached hydrogen (secondary N) is 2. The molecule has 0 spiro atoms. The van der Waals surface area contributed by atoms with E-state index in [2.05, 4.69) is 10.6 Å². The zero-order chi connectivity index (χ0) is 24.1. The van der Waals surface area contributed by atoms with Crippen LogP contribution in [0.1, 0.15) is 34.4 Å². The molecule has 0 aliphatic heterocycles. The summed E-state index contributed by atoms with van der Waals surface area (Å²) < 4.78 is 5.54. The molecule has 9 heteroatoms. The minimum absolute atomic E-state index is 0.0842. The van der Waals surface area contributed by atoms with Gasteiger partial charge in [0, 0.05) is 23.8 Å². The summed E-state index contributed by atoms with van der Waals surface area (Å²) in [7, 11) is 0. The van der Waals surface area contributed by atoms with Crippen LogP contribution >= 0.6 is 11.3 Å². The van der Waals surface area contributed by atoms with E-state index in [1.807, 2.05) is 48.5 Å². The van der Waals surface area contributed by atoms with Crippen molar-refractivity contribution in [3.63, 3.8) is 0 Å². The Morgan fingerprint density at radius 1 is 0.941 bits per heavy atom. The Morgan fingerprint density at radius 2 is 1.59 bits per heavy atom. The van der Waals surface area contributed by atoms with Crippen LogP contribution in [0.2, 0.25) is 0 Å². The van der Waals surface area contributed by atoms with Crippen LogP contribution in [0.3, 0.4) is 0 Å². The summed E-state index contributed by atoms with van der Waals surface area (Å²) in [6, 6.07) is 16.9. The first kappa shape index (κ1) is 23.5. The number of fused-ring (bicyclic) bond motifs is 3. The van der Waals surface area contributed by atoms with E-state index in [1.54, 1.807) is 17.5 Å². The van der Waals surface area contributed by atoms with Crippen molar-refractivity contribution in [1.29, 1.82) is 0 Å². The average Bonchev–Trinajstić information content (AvgIpc) is 3.47. The molecular formula is C25H24N2O6S. The molecule has 1 aliphatic carbocycles. The summed E-state index contributed by atoms with van der Waals surface area (Å²) >= 11 is 1.25. The number of aliphatic carboxylic acids is 1. The lowest BCUT2D eigenvalue weighted by molar-refractivity contribution is -0.142. The molecule has 8 nitrogen and oxygen atoms in total. The van der Waals surface area contributed by atoms with E-state index in [-0.39, 0.29) is 18.9 Å². The molecule has 1 heterocycles. The van der Waals surface area contributed by atoms with Crippen LogP contribution in [0.15, 0.2) is 66.0 Å². The second-order valence-electron chi connectivity index (χ2n) is 7.83. The van der Waals surface area contributed by atoms with E-state index in [4.69, 9.17) is 9.84 Å². The van der Waals surface area contributed by atoms with Crippen LogP contribution in [0, 0.1) is 0 Å². The second kappa shape index (κ2) is 10.5. The van der Waals surface area contributed by atoms with E-state index in [0.717, 1.165) is 22.3 Å². The Labute approximate surface area is 200 Å². The molecule has 3 aromatic rings. The first-order valence-electron chi connectivity index (χ1n) is 10.8. The van der Waals surface area contributed by atoms with Gasteiger partial charge in [-0.05, 0) is 33.7 Å². The highest BCUT2D eigenvalue weighted by Gasteiger charge is 2.31. The fraction of sp³-hybridized carbons (Fsp3) is 0.240. The van der Waals surface area contributed by atoms with E-state index < -0.39 is 36.7 Å². The minimum Gasteiger partial charge on any atom is -0.480 e. The number of aliphatic hydroxyl groups excluding tert-OH is 1. The first-order valence-corrected chi connectivity index (χ1v) is 11.7. The Morgan fingerprint density at radius 3 is 2.15 bits per heavy atom. The van der Waals surface area contributed by atoms with Crippen molar-refractivity contribution in [3.05, 3.63) is 82.0 Å². The Bertz CT molecular complexity index is 1130. The van der Waals surface area contributed by atoms with Gasteiger partial charge in [0.25, 0.3) is 0 Å². The molecule has 0 saturated carbocycles. The summed E-state index contributed by atoms with van der Waals surface area (Å²) in [6.07, 6.45) is -0.937. The first-order chi connectivity index (χ1) is 16.5. The standard InChI is InChI=1S/C25H24N2O6S/c28-12-11-20(24(30)31)26-23(29)22(21-10-5-13-34-21)27-25(32)33-14-19-17-8-3-1-6-15(17)16-7-2-4-9-18(16)19/h1-10,13,19-20,22,28H,11-12,14H2,(H,26,29)(H,27,32)(H,30,31)/t20-,22?/m1/s1. The lowest BCUT2D eigenvalue weighted by Crippen LogP contribution is -2.47. The van der Waals surface area contributed by atoms with Gasteiger partial charge < -0.3 is 25.6 Å². The maximum atomic E-state index is 12.8. The molecule has 1 aromatic heterocycles. The highest BCUT2D eigenvalue weighted by molar-refractivity contribution is 7.10. The Kier molecular flexibility index (Phi) is 7.24. The molecule has 1 unspecified atom stereocenters. The average molecular weight is 481 g/mol. The number of benzene rings is 2. The lowest BCUT2D eigenvalue weighted by Gasteiger charge is -2.21. The van der Waals surface area contributed by atoms with E-state index >= 15 is 0 Å². The van der Waals surface area contributed by atoms with Crippen molar-refractivity contribution in [1.82, 2.24) is 10.6 Å². The molecule has 2 atom stereocenters. The van der Waals surface area contributed by atoms with Gasteiger partial charge in [-0.2, -0.15) is 0 Å². The van der Waals surface area contributed by atoms with Gasteiger partial charge in [0.1, 0.15) is 18.7 Å². The molecule has 2 amide bonds.